The number of carboxylic acid groups (broad SMARTS) is 1. The van der Waals surface area contributed by atoms with Crippen molar-refractivity contribution in [3.63, 3.8) is 0 Å². The van der Waals surface area contributed by atoms with Gasteiger partial charge in [-0.1, -0.05) is 46.8 Å². The molecule has 0 spiro atoms. The van der Waals surface area contributed by atoms with E-state index >= 15 is 0 Å². The van der Waals surface area contributed by atoms with Crippen molar-refractivity contribution in [2.45, 2.75) is 116 Å². The third kappa shape index (κ3) is 2.32. The van der Waals surface area contributed by atoms with Gasteiger partial charge in [-0.15, -0.1) is 0 Å². The van der Waals surface area contributed by atoms with E-state index in [9.17, 15) is 15.0 Å². The predicted molar refractivity (Wildman–Crippen MR) is 143 cm³/mol. The van der Waals surface area contributed by atoms with Crippen LogP contribution in [0.4, 0.5) is 0 Å². The second kappa shape index (κ2) is 6.98. The van der Waals surface area contributed by atoms with E-state index in [0.29, 0.717) is 25.0 Å². The molecule has 0 bridgehead atoms. The Balaban J connectivity index is 1.69. The predicted octanol–water partition coefficient (Wildman–Crippen LogP) is 5.02. The van der Waals surface area contributed by atoms with Gasteiger partial charge in [0.05, 0.1) is 11.2 Å². The van der Waals surface area contributed by atoms with Crippen LogP contribution in [0.15, 0.2) is 24.0 Å². The van der Waals surface area contributed by atoms with Crippen LogP contribution in [0.25, 0.3) is 0 Å². The monoisotopic (exact) mass is 499 g/mol. The van der Waals surface area contributed by atoms with Gasteiger partial charge in [0.25, 0.3) is 0 Å². The Bertz CT molecular complexity index is 1070. The van der Waals surface area contributed by atoms with Gasteiger partial charge < -0.3 is 27.4 Å². The molecular weight excluding hydrogens is 450 g/mol. The minimum Gasteiger partial charge on any atom is -0.512 e. The molecule has 5 aliphatic rings. The average molecular weight is 500 g/mol. The number of rotatable bonds is 2. The van der Waals surface area contributed by atoms with Gasteiger partial charge in [0, 0.05) is 27.4 Å². The molecular formula is C30H49N3O3. The van der Waals surface area contributed by atoms with E-state index in [1.807, 2.05) is 13.0 Å². The highest BCUT2D eigenvalue weighted by molar-refractivity contribution is 5.78. The van der Waals surface area contributed by atoms with Crippen molar-refractivity contribution in [3.05, 3.63) is 24.0 Å². The molecule has 8 N–H and O–H groups in total. The number of nitrogens with two attached hydrogens (primary N) is 3. The van der Waals surface area contributed by atoms with Crippen LogP contribution in [-0.2, 0) is 4.79 Å². The van der Waals surface area contributed by atoms with E-state index in [2.05, 4.69) is 41.2 Å². The van der Waals surface area contributed by atoms with Crippen LogP contribution < -0.4 is 17.2 Å². The molecule has 0 saturated heterocycles. The van der Waals surface area contributed by atoms with Gasteiger partial charge in [0.15, 0.2) is 0 Å². The molecule has 0 aromatic carbocycles. The molecule has 0 unspecified atom stereocenters. The molecule has 0 aliphatic heterocycles. The first kappa shape index (κ1) is 26.2. The standard InChI is InChI=1S/C30H49N3O3/c1-18(2)19-8-12-27(22(35)36)16-14-24(5)20(30(19,27)33)9-13-29(32)25(24,6)15-17-28(31)23(3,4)21(34)10-11-26(28,29)7/h10,19-20,34H,1,8-9,11-17,31-33H2,2-7H3,(H,35,36)/t19-,20-,24+,25-,26-,27+,28+,29+,30-/m0/s1. The summed E-state index contributed by atoms with van der Waals surface area (Å²) in [5.41, 5.74) is 19.1. The van der Waals surface area contributed by atoms with Crippen molar-refractivity contribution >= 4 is 5.97 Å². The number of aliphatic hydroxyl groups is 1. The Morgan fingerprint density at radius 3 is 2.14 bits per heavy atom. The summed E-state index contributed by atoms with van der Waals surface area (Å²) < 4.78 is 0. The number of hydrogen-bond acceptors (Lipinski definition) is 5. The molecule has 4 saturated carbocycles. The van der Waals surface area contributed by atoms with Crippen molar-refractivity contribution in [2.75, 3.05) is 0 Å². The van der Waals surface area contributed by atoms with Gasteiger partial charge >= 0.3 is 5.97 Å². The zero-order valence-corrected chi connectivity index (χ0v) is 23.3. The van der Waals surface area contributed by atoms with Crippen LogP contribution in [0.1, 0.15) is 99.3 Å². The lowest BCUT2D eigenvalue weighted by Crippen LogP contribution is -2.86. The number of carboxylic acids is 1. The third-order valence-electron chi connectivity index (χ3n) is 14.2. The molecule has 0 radical (unpaired) electrons. The second-order valence-corrected chi connectivity index (χ2v) is 14.8. The maximum atomic E-state index is 12.9. The van der Waals surface area contributed by atoms with Crippen molar-refractivity contribution in [3.8, 4) is 0 Å². The van der Waals surface area contributed by atoms with E-state index < -0.39 is 38.8 Å². The smallest absolute Gasteiger partial charge is 0.311 e. The van der Waals surface area contributed by atoms with Crippen LogP contribution in [0.2, 0.25) is 0 Å². The third-order valence-corrected chi connectivity index (χ3v) is 14.2. The first-order chi connectivity index (χ1) is 16.4. The molecule has 0 heterocycles. The van der Waals surface area contributed by atoms with Crippen molar-refractivity contribution in [2.24, 2.45) is 56.1 Å². The largest absolute Gasteiger partial charge is 0.512 e. The lowest BCUT2D eigenvalue weighted by Gasteiger charge is -2.79. The molecule has 5 aliphatic carbocycles. The maximum absolute atomic E-state index is 12.9. The van der Waals surface area contributed by atoms with E-state index in [4.69, 9.17) is 17.2 Å². The zero-order chi connectivity index (χ0) is 27.0. The summed E-state index contributed by atoms with van der Waals surface area (Å²) in [6.07, 6.45) is 8.54. The van der Waals surface area contributed by atoms with Crippen LogP contribution >= 0.6 is 0 Å². The fourth-order valence-electron chi connectivity index (χ4n) is 11.4. The summed E-state index contributed by atoms with van der Waals surface area (Å²) in [7, 11) is 0. The van der Waals surface area contributed by atoms with E-state index in [1.54, 1.807) is 0 Å². The Morgan fingerprint density at radius 2 is 1.56 bits per heavy atom. The second-order valence-electron chi connectivity index (χ2n) is 14.8. The minimum absolute atomic E-state index is 0.00614. The first-order valence-corrected chi connectivity index (χ1v) is 14.0. The van der Waals surface area contributed by atoms with Crippen LogP contribution in [-0.4, -0.2) is 32.8 Å². The highest BCUT2D eigenvalue weighted by atomic mass is 16.4. The molecule has 0 aromatic heterocycles. The molecule has 0 amide bonds. The summed E-state index contributed by atoms with van der Waals surface area (Å²) >= 11 is 0. The van der Waals surface area contributed by atoms with Gasteiger partial charge in [-0.05, 0) is 93.5 Å². The number of fused-ring (bicyclic) bond motifs is 7. The summed E-state index contributed by atoms with van der Waals surface area (Å²) in [6.45, 7) is 17.4. The number of hydrogen-bond donors (Lipinski definition) is 5. The molecule has 4 fully saturated rings. The summed E-state index contributed by atoms with van der Waals surface area (Å²) in [5.74, 6) is -0.338. The first-order valence-electron chi connectivity index (χ1n) is 14.0. The van der Waals surface area contributed by atoms with E-state index in [-0.39, 0.29) is 22.7 Å². The zero-order valence-electron chi connectivity index (χ0n) is 23.3. The van der Waals surface area contributed by atoms with Gasteiger partial charge in [0.2, 0.25) is 0 Å². The summed E-state index contributed by atoms with van der Waals surface area (Å²) in [4.78, 5) is 12.9. The Morgan fingerprint density at radius 1 is 0.917 bits per heavy atom. The van der Waals surface area contributed by atoms with Crippen LogP contribution in [0, 0.1) is 38.9 Å². The highest BCUT2D eigenvalue weighted by Crippen LogP contribution is 2.78. The topological polar surface area (TPSA) is 136 Å². The highest BCUT2D eigenvalue weighted by Gasteiger charge is 2.80. The van der Waals surface area contributed by atoms with Crippen LogP contribution in [0.5, 0.6) is 0 Å². The molecule has 9 atom stereocenters. The SMILES string of the molecule is C=C(C)[C@@H]1CC[C@]2(C(=O)O)CC[C@]3(C)[C@H](CC[C@]4(N)[C@@]5(C)CC=C(O)C(C)(C)[C@]5(N)CC[C@]43C)[C@@]12N. The number of aliphatic hydroxyl groups excluding tert-OH is 1. The van der Waals surface area contributed by atoms with Crippen molar-refractivity contribution < 1.29 is 15.0 Å². The number of allylic oxidation sites excluding steroid dienone is 1. The van der Waals surface area contributed by atoms with Gasteiger partial charge in [0.1, 0.15) is 0 Å². The number of carbonyl (C=O) groups is 1. The average Bonchev–Trinajstić information content (AvgIpc) is 3.11. The normalized spacial score (nSPS) is 55.4. The minimum atomic E-state index is -0.913. The quantitative estimate of drug-likeness (QED) is 0.338. The molecule has 202 valence electrons. The lowest BCUT2D eigenvalue weighted by atomic mass is 9.28. The fourth-order valence-corrected chi connectivity index (χ4v) is 11.4. The van der Waals surface area contributed by atoms with Crippen LogP contribution in [0.3, 0.4) is 0 Å². The molecule has 5 rings (SSSR count). The Hall–Kier alpha value is -1.37. The van der Waals surface area contributed by atoms with Gasteiger partial charge in [-0.3, -0.25) is 4.79 Å². The Kier molecular flexibility index (Phi) is 5.09. The maximum Gasteiger partial charge on any atom is 0.311 e. The van der Waals surface area contributed by atoms with Gasteiger partial charge in [-0.25, -0.2) is 0 Å². The van der Waals surface area contributed by atoms with Crippen molar-refractivity contribution in [1.82, 2.24) is 0 Å². The van der Waals surface area contributed by atoms with Gasteiger partial charge in [-0.2, -0.15) is 0 Å². The molecule has 6 heteroatoms. The van der Waals surface area contributed by atoms with E-state index in [0.717, 1.165) is 44.1 Å². The Labute approximate surface area is 217 Å². The lowest BCUT2D eigenvalue weighted by molar-refractivity contribution is -0.250. The fraction of sp³-hybridized carbons (Fsp3) is 0.833. The summed E-state index contributed by atoms with van der Waals surface area (Å²) in [6, 6.07) is 0. The molecule has 0 aromatic rings. The molecule has 36 heavy (non-hydrogen) atoms. The summed E-state index contributed by atoms with van der Waals surface area (Å²) in [5, 5.41) is 21.5. The van der Waals surface area contributed by atoms with E-state index in [1.165, 1.54) is 0 Å². The van der Waals surface area contributed by atoms with Crippen molar-refractivity contribution in [1.29, 1.82) is 0 Å². The number of aliphatic carboxylic acids is 1. The molecule has 6 nitrogen and oxygen atoms in total.